The second-order valence-corrected chi connectivity index (χ2v) is 5.23. The number of nitrogens with two attached hydrogens (primary N) is 1. The van der Waals surface area contributed by atoms with Crippen LogP contribution in [-0.2, 0) is 4.79 Å². The molecular formula is C11H12N8OS. The maximum atomic E-state index is 11.9. The highest BCUT2D eigenvalue weighted by Gasteiger charge is 2.12. The topological polar surface area (TPSA) is 116 Å². The van der Waals surface area contributed by atoms with Gasteiger partial charge in [-0.3, -0.25) is 4.79 Å². The van der Waals surface area contributed by atoms with Gasteiger partial charge >= 0.3 is 0 Å². The predicted molar refractivity (Wildman–Crippen MR) is 77.3 cm³/mol. The van der Waals surface area contributed by atoms with Crippen molar-refractivity contribution in [2.24, 2.45) is 0 Å². The van der Waals surface area contributed by atoms with Gasteiger partial charge in [0.1, 0.15) is 12.1 Å². The van der Waals surface area contributed by atoms with E-state index in [9.17, 15) is 4.79 Å². The number of aryl methyl sites for hydroxylation is 1. The van der Waals surface area contributed by atoms with Gasteiger partial charge in [-0.25, -0.2) is 9.66 Å². The van der Waals surface area contributed by atoms with Crippen LogP contribution in [0.4, 0.5) is 5.82 Å². The molecule has 1 amide bonds. The molecule has 3 rings (SSSR count). The first-order valence-corrected chi connectivity index (χ1v) is 7.01. The van der Waals surface area contributed by atoms with E-state index in [4.69, 9.17) is 5.84 Å². The smallest absolute Gasteiger partial charge is 0.273 e. The average molecular weight is 304 g/mol. The molecule has 3 aromatic heterocycles. The van der Waals surface area contributed by atoms with Gasteiger partial charge in [-0.15, -0.1) is 10.2 Å². The Kier molecular flexibility index (Phi) is 3.44. The fourth-order valence-corrected chi connectivity index (χ4v) is 2.30. The first-order chi connectivity index (χ1) is 10.1. The zero-order chi connectivity index (χ0) is 14.8. The maximum absolute atomic E-state index is 11.9. The van der Waals surface area contributed by atoms with E-state index in [0.29, 0.717) is 16.8 Å². The number of nitrogen functional groups attached to an aromatic ring is 1. The summed E-state index contributed by atoms with van der Waals surface area (Å²) in [5, 5.41) is 15.0. The lowest BCUT2D eigenvalue weighted by atomic mass is 10.3. The average Bonchev–Trinajstić information content (AvgIpc) is 3.03. The van der Waals surface area contributed by atoms with E-state index in [0.717, 1.165) is 5.56 Å². The van der Waals surface area contributed by atoms with Crippen molar-refractivity contribution in [2.45, 2.75) is 12.1 Å². The van der Waals surface area contributed by atoms with Gasteiger partial charge in [0.2, 0.25) is 11.1 Å². The van der Waals surface area contributed by atoms with Gasteiger partial charge in [0.05, 0.1) is 5.75 Å². The molecule has 0 unspecified atom stereocenters. The van der Waals surface area contributed by atoms with Crippen LogP contribution in [-0.4, -0.2) is 41.1 Å². The zero-order valence-corrected chi connectivity index (χ0v) is 11.9. The number of rotatable bonds is 4. The molecule has 0 saturated heterocycles. The van der Waals surface area contributed by atoms with Crippen LogP contribution in [0.5, 0.6) is 0 Å². The number of aromatic nitrogens is 6. The summed E-state index contributed by atoms with van der Waals surface area (Å²) >= 11 is 1.22. The number of hydrogen-bond donors (Lipinski definition) is 2. The largest absolute Gasteiger partial charge is 0.335 e. The SMILES string of the molecule is Cc1ccc(NC(=O)CSc2nnc3n(N)cnn23)nc1. The van der Waals surface area contributed by atoms with Crippen molar-refractivity contribution < 1.29 is 4.79 Å². The maximum Gasteiger partial charge on any atom is 0.273 e. The van der Waals surface area contributed by atoms with Crippen molar-refractivity contribution >= 4 is 29.3 Å². The molecule has 0 saturated carbocycles. The number of nitrogens with one attached hydrogen (secondary N) is 1. The Labute approximate surface area is 123 Å². The molecule has 0 aromatic carbocycles. The van der Waals surface area contributed by atoms with Crippen molar-refractivity contribution in [3.05, 3.63) is 30.2 Å². The Bertz CT molecular complexity index is 777. The molecular weight excluding hydrogens is 292 g/mol. The summed E-state index contributed by atoms with van der Waals surface area (Å²) in [6.07, 6.45) is 3.11. The highest BCUT2D eigenvalue weighted by molar-refractivity contribution is 7.99. The molecule has 10 heteroatoms. The Morgan fingerprint density at radius 1 is 1.43 bits per heavy atom. The number of fused-ring (bicyclic) bond motifs is 1. The summed E-state index contributed by atoms with van der Waals surface area (Å²) in [6, 6.07) is 3.63. The third kappa shape index (κ3) is 2.79. The van der Waals surface area contributed by atoms with Crippen molar-refractivity contribution in [3.63, 3.8) is 0 Å². The summed E-state index contributed by atoms with van der Waals surface area (Å²) in [5.41, 5.74) is 1.03. The lowest BCUT2D eigenvalue weighted by Gasteiger charge is -2.03. The van der Waals surface area contributed by atoms with Gasteiger partial charge < -0.3 is 11.2 Å². The minimum atomic E-state index is -0.180. The predicted octanol–water partition coefficient (Wildman–Crippen LogP) is 0.0738. The molecule has 0 atom stereocenters. The number of amides is 1. The molecule has 21 heavy (non-hydrogen) atoms. The van der Waals surface area contributed by atoms with Crippen molar-refractivity contribution in [2.75, 3.05) is 16.9 Å². The molecule has 0 radical (unpaired) electrons. The number of nitrogens with zero attached hydrogens (tertiary/aromatic N) is 6. The molecule has 0 spiro atoms. The quantitative estimate of drug-likeness (QED) is 0.517. The molecule has 3 heterocycles. The molecule has 0 aliphatic carbocycles. The van der Waals surface area contributed by atoms with Crippen LogP contribution in [0, 0.1) is 6.92 Å². The van der Waals surface area contributed by atoms with E-state index in [1.165, 1.54) is 27.3 Å². The van der Waals surface area contributed by atoms with Crippen molar-refractivity contribution in [3.8, 4) is 0 Å². The number of anilines is 1. The van der Waals surface area contributed by atoms with Crippen molar-refractivity contribution in [1.82, 2.24) is 29.5 Å². The molecule has 0 aliphatic rings. The molecule has 3 N–H and O–H groups in total. The standard InChI is InChI=1S/C11H12N8OS/c1-7-2-3-8(13-4-7)15-9(20)5-21-11-17-16-10-18(12)6-14-19(10)11/h2-4,6H,5,12H2,1H3,(H,13,15,20). The van der Waals surface area contributed by atoms with Gasteiger partial charge in [0.15, 0.2) is 0 Å². The van der Waals surface area contributed by atoms with E-state index in [-0.39, 0.29) is 11.7 Å². The van der Waals surface area contributed by atoms with Crippen LogP contribution < -0.4 is 11.2 Å². The second-order valence-electron chi connectivity index (χ2n) is 4.29. The van der Waals surface area contributed by atoms with Gasteiger partial charge in [-0.05, 0) is 18.6 Å². The number of hydrogen-bond acceptors (Lipinski definition) is 7. The number of carbonyl (C=O) groups excluding carboxylic acids is 1. The third-order valence-electron chi connectivity index (χ3n) is 2.63. The minimum absolute atomic E-state index is 0.174. The molecule has 0 aliphatic heterocycles. The molecule has 9 nitrogen and oxygen atoms in total. The van der Waals surface area contributed by atoms with Crippen LogP contribution in [0.3, 0.4) is 0 Å². The Morgan fingerprint density at radius 3 is 3.05 bits per heavy atom. The van der Waals surface area contributed by atoms with Gasteiger partial charge in [0.25, 0.3) is 5.78 Å². The molecule has 108 valence electrons. The van der Waals surface area contributed by atoms with Crippen LogP contribution in [0.15, 0.2) is 29.8 Å². The van der Waals surface area contributed by atoms with Gasteiger partial charge in [-0.1, -0.05) is 17.8 Å². The van der Waals surface area contributed by atoms with E-state index in [1.54, 1.807) is 12.3 Å². The van der Waals surface area contributed by atoms with Crippen molar-refractivity contribution in [1.29, 1.82) is 0 Å². The number of thioether (sulfide) groups is 1. The third-order valence-corrected chi connectivity index (χ3v) is 3.55. The fraction of sp³-hybridized carbons (Fsp3) is 0.182. The van der Waals surface area contributed by atoms with Crippen LogP contribution in [0.25, 0.3) is 5.78 Å². The van der Waals surface area contributed by atoms with E-state index in [1.807, 2.05) is 13.0 Å². The first-order valence-electron chi connectivity index (χ1n) is 6.02. The molecule has 0 bridgehead atoms. The van der Waals surface area contributed by atoms with E-state index < -0.39 is 0 Å². The molecule has 3 aromatic rings. The Morgan fingerprint density at radius 2 is 2.29 bits per heavy atom. The first kappa shape index (κ1) is 13.4. The highest BCUT2D eigenvalue weighted by Crippen LogP contribution is 2.15. The normalized spacial score (nSPS) is 10.9. The summed E-state index contributed by atoms with van der Waals surface area (Å²) < 4.78 is 2.73. The fourth-order valence-electron chi connectivity index (χ4n) is 1.62. The number of carbonyl (C=O) groups is 1. The van der Waals surface area contributed by atoms with E-state index in [2.05, 4.69) is 25.6 Å². The summed E-state index contributed by atoms with van der Waals surface area (Å²) in [4.78, 5) is 16.0. The second kappa shape index (κ2) is 5.40. The molecule has 0 fully saturated rings. The van der Waals surface area contributed by atoms with Crippen LogP contribution in [0.2, 0.25) is 0 Å². The lowest BCUT2D eigenvalue weighted by molar-refractivity contribution is -0.113. The summed E-state index contributed by atoms with van der Waals surface area (Å²) in [6.45, 7) is 1.93. The van der Waals surface area contributed by atoms with Crippen LogP contribution >= 0.6 is 11.8 Å². The Hall–Kier alpha value is -2.62. The number of pyridine rings is 1. The Balaban J connectivity index is 1.62. The monoisotopic (exact) mass is 304 g/mol. The van der Waals surface area contributed by atoms with E-state index >= 15 is 0 Å². The van der Waals surface area contributed by atoms with Gasteiger partial charge in [-0.2, -0.15) is 9.61 Å². The van der Waals surface area contributed by atoms with Gasteiger partial charge in [0, 0.05) is 6.20 Å². The minimum Gasteiger partial charge on any atom is -0.335 e. The zero-order valence-electron chi connectivity index (χ0n) is 11.1. The summed E-state index contributed by atoms with van der Waals surface area (Å²) in [7, 11) is 0. The highest BCUT2D eigenvalue weighted by atomic mass is 32.2. The van der Waals surface area contributed by atoms with Crippen LogP contribution in [0.1, 0.15) is 5.56 Å². The summed E-state index contributed by atoms with van der Waals surface area (Å²) in [5.74, 6) is 6.52. The lowest BCUT2D eigenvalue weighted by Crippen LogP contribution is -2.15.